The van der Waals surface area contributed by atoms with Gasteiger partial charge in [-0.25, -0.2) is 0 Å². The van der Waals surface area contributed by atoms with Crippen LogP contribution in [0.5, 0.6) is 0 Å². The van der Waals surface area contributed by atoms with Crippen LogP contribution >= 0.6 is 0 Å². The minimum absolute atomic E-state index is 0.502. The molecule has 2 N–H and O–H groups in total. The molecule has 2 rings (SSSR count). The van der Waals surface area contributed by atoms with Gasteiger partial charge in [-0.2, -0.15) is 0 Å². The Hall–Kier alpha value is -1.86. The van der Waals surface area contributed by atoms with Gasteiger partial charge in [0.05, 0.1) is 0 Å². The molecule has 0 aromatic heterocycles. The molecule has 1 nitrogen and oxygen atoms in total. The topological polar surface area (TPSA) is 26.0 Å². The van der Waals surface area contributed by atoms with Gasteiger partial charge < -0.3 is 5.73 Å². The van der Waals surface area contributed by atoms with Crippen LogP contribution in [0.3, 0.4) is 0 Å². The molecular formula is C19H23N. The van der Waals surface area contributed by atoms with Crippen molar-refractivity contribution in [2.24, 2.45) is 5.73 Å². The van der Waals surface area contributed by atoms with E-state index in [1.807, 2.05) is 12.2 Å². The minimum atomic E-state index is 0.502. The first-order chi connectivity index (χ1) is 9.80. The van der Waals surface area contributed by atoms with Gasteiger partial charge in [0.1, 0.15) is 0 Å². The summed E-state index contributed by atoms with van der Waals surface area (Å²) >= 11 is 0. The van der Waals surface area contributed by atoms with Crippen molar-refractivity contribution in [1.29, 1.82) is 0 Å². The summed E-state index contributed by atoms with van der Waals surface area (Å²) in [5.41, 5.74) is 10.9. The fourth-order valence-corrected chi connectivity index (χ4v) is 2.84. The van der Waals surface area contributed by atoms with Gasteiger partial charge in [-0.3, -0.25) is 0 Å². The molecule has 0 saturated carbocycles. The van der Waals surface area contributed by atoms with Crippen molar-refractivity contribution in [3.63, 3.8) is 0 Å². The highest BCUT2D eigenvalue weighted by Crippen LogP contribution is 2.34. The smallest absolute Gasteiger partial charge is 0.00771 e. The van der Waals surface area contributed by atoms with E-state index >= 15 is 0 Å². The molecule has 0 amide bonds. The summed E-state index contributed by atoms with van der Waals surface area (Å²) in [4.78, 5) is 0. The summed E-state index contributed by atoms with van der Waals surface area (Å²) in [7, 11) is 0. The van der Waals surface area contributed by atoms with Crippen LogP contribution in [0.2, 0.25) is 0 Å². The fourth-order valence-electron chi connectivity index (χ4n) is 2.84. The molecule has 104 valence electrons. The summed E-state index contributed by atoms with van der Waals surface area (Å²) < 4.78 is 0. The van der Waals surface area contributed by atoms with E-state index in [0.29, 0.717) is 5.92 Å². The van der Waals surface area contributed by atoms with E-state index < -0.39 is 0 Å². The van der Waals surface area contributed by atoms with Gasteiger partial charge in [0, 0.05) is 0 Å². The van der Waals surface area contributed by atoms with Gasteiger partial charge in [-0.05, 0) is 54.0 Å². The first-order valence-corrected chi connectivity index (χ1v) is 7.25. The largest absolute Gasteiger partial charge is 0.330 e. The molecule has 0 saturated heterocycles. The molecule has 0 bridgehead atoms. The first kappa shape index (κ1) is 14.5. The van der Waals surface area contributed by atoms with E-state index in [-0.39, 0.29) is 0 Å². The van der Waals surface area contributed by atoms with E-state index in [1.54, 1.807) is 0 Å². The number of nitrogens with two attached hydrogens (primary N) is 1. The molecule has 1 aromatic carbocycles. The Morgan fingerprint density at radius 1 is 1.15 bits per heavy atom. The molecule has 1 aromatic rings. The predicted molar refractivity (Wildman–Crippen MR) is 88.5 cm³/mol. The average molecular weight is 265 g/mol. The molecule has 1 aliphatic rings. The van der Waals surface area contributed by atoms with Crippen LogP contribution in [0.15, 0.2) is 66.8 Å². The van der Waals surface area contributed by atoms with Gasteiger partial charge >= 0.3 is 0 Å². The van der Waals surface area contributed by atoms with Gasteiger partial charge in [0.2, 0.25) is 0 Å². The van der Waals surface area contributed by atoms with Crippen LogP contribution in [0.25, 0.3) is 6.08 Å². The van der Waals surface area contributed by atoms with Gasteiger partial charge in [-0.1, -0.05) is 61.7 Å². The molecule has 0 spiro atoms. The summed E-state index contributed by atoms with van der Waals surface area (Å²) in [5.74, 6) is 0.502. The molecular weight excluding hydrogens is 242 g/mol. The van der Waals surface area contributed by atoms with Gasteiger partial charge in [0.25, 0.3) is 0 Å². The average Bonchev–Trinajstić information content (AvgIpc) is 2.48. The molecule has 1 atom stereocenters. The van der Waals surface area contributed by atoms with Crippen LogP contribution in [0.1, 0.15) is 36.3 Å². The fraction of sp³-hybridized carbons (Fsp3) is 0.263. The van der Waals surface area contributed by atoms with Crippen LogP contribution in [-0.2, 0) is 0 Å². The van der Waals surface area contributed by atoms with E-state index in [4.69, 9.17) is 5.73 Å². The maximum absolute atomic E-state index is 5.69. The molecule has 1 unspecified atom stereocenters. The van der Waals surface area contributed by atoms with E-state index in [0.717, 1.165) is 25.8 Å². The zero-order valence-corrected chi connectivity index (χ0v) is 12.0. The summed E-state index contributed by atoms with van der Waals surface area (Å²) in [5, 5.41) is 0. The summed E-state index contributed by atoms with van der Waals surface area (Å²) in [6, 6.07) is 8.63. The van der Waals surface area contributed by atoms with Crippen LogP contribution < -0.4 is 5.73 Å². The highest BCUT2D eigenvalue weighted by Gasteiger charge is 2.17. The Kier molecular flexibility index (Phi) is 5.14. The zero-order chi connectivity index (χ0) is 14.4. The third-order valence-electron chi connectivity index (χ3n) is 3.94. The molecule has 1 heteroatoms. The molecule has 0 fully saturated rings. The number of rotatable bonds is 5. The Morgan fingerprint density at radius 3 is 2.65 bits per heavy atom. The number of hydrogen-bond acceptors (Lipinski definition) is 1. The third kappa shape index (κ3) is 3.17. The lowest BCUT2D eigenvalue weighted by Gasteiger charge is -2.23. The van der Waals surface area contributed by atoms with E-state index in [2.05, 4.69) is 49.6 Å². The van der Waals surface area contributed by atoms with Gasteiger partial charge in [-0.15, -0.1) is 0 Å². The van der Waals surface area contributed by atoms with E-state index in [9.17, 15) is 0 Å². The highest BCUT2D eigenvalue weighted by atomic mass is 14.5. The standard InChI is InChI=1S/C19H23N/c1-3-15-11-12-17-8-5-6-10-19(17)18(9-7-13-20)14-16(15)4-2/h3-6,8,10-12,18H,1-2,7,9,13-14,20H2. The Labute approximate surface area is 122 Å². The Bertz CT molecular complexity index is 549. The van der Waals surface area contributed by atoms with Crippen molar-refractivity contribution in [3.05, 3.63) is 77.9 Å². The maximum atomic E-state index is 5.69. The van der Waals surface area contributed by atoms with Crippen molar-refractivity contribution in [1.82, 2.24) is 0 Å². The van der Waals surface area contributed by atoms with Crippen molar-refractivity contribution in [2.75, 3.05) is 6.54 Å². The second kappa shape index (κ2) is 7.06. The van der Waals surface area contributed by atoms with Crippen LogP contribution in [0.4, 0.5) is 0 Å². The van der Waals surface area contributed by atoms with Crippen molar-refractivity contribution in [3.8, 4) is 0 Å². The predicted octanol–water partition coefficient (Wildman–Crippen LogP) is 4.59. The lowest BCUT2D eigenvalue weighted by atomic mass is 9.82. The Morgan fingerprint density at radius 2 is 1.95 bits per heavy atom. The first-order valence-electron chi connectivity index (χ1n) is 7.25. The highest BCUT2D eigenvalue weighted by molar-refractivity contribution is 5.61. The molecule has 20 heavy (non-hydrogen) atoms. The second-order valence-electron chi connectivity index (χ2n) is 5.18. The second-order valence-corrected chi connectivity index (χ2v) is 5.18. The lowest BCUT2D eigenvalue weighted by molar-refractivity contribution is 0.593. The van der Waals surface area contributed by atoms with Crippen LogP contribution in [0, 0.1) is 0 Å². The van der Waals surface area contributed by atoms with Crippen molar-refractivity contribution >= 4 is 6.08 Å². The molecule has 0 radical (unpaired) electrons. The van der Waals surface area contributed by atoms with Crippen LogP contribution in [-0.4, -0.2) is 6.54 Å². The molecule has 0 aliphatic heterocycles. The maximum Gasteiger partial charge on any atom is -0.00771 e. The molecule has 1 aliphatic carbocycles. The minimum Gasteiger partial charge on any atom is -0.330 e. The van der Waals surface area contributed by atoms with Crippen molar-refractivity contribution < 1.29 is 0 Å². The number of hydrogen-bond donors (Lipinski definition) is 1. The van der Waals surface area contributed by atoms with Crippen molar-refractivity contribution in [2.45, 2.75) is 25.2 Å². The Balaban J connectivity index is 2.46. The van der Waals surface area contributed by atoms with E-state index in [1.165, 1.54) is 22.3 Å². The SMILES string of the molecule is C=CC1=C(C=C)CC(CCCN)c2ccccc2C=C1. The molecule has 0 heterocycles. The number of allylic oxidation sites excluding steroid dienone is 5. The van der Waals surface area contributed by atoms with Gasteiger partial charge in [0.15, 0.2) is 0 Å². The number of fused-ring (bicyclic) bond motifs is 1. The summed E-state index contributed by atoms with van der Waals surface area (Å²) in [6.07, 6.45) is 11.4. The monoisotopic (exact) mass is 265 g/mol. The lowest BCUT2D eigenvalue weighted by Crippen LogP contribution is -2.08. The quantitative estimate of drug-likeness (QED) is 0.827. The number of benzene rings is 1. The third-order valence-corrected chi connectivity index (χ3v) is 3.94. The summed E-state index contributed by atoms with van der Waals surface area (Å²) in [6.45, 7) is 8.63. The normalized spacial score (nSPS) is 18.1. The zero-order valence-electron chi connectivity index (χ0n) is 12.0.